The second-order valence-electron chi connectivity index (χ2n) is 4.47. The lowest BCUT2D eigenvalue weighted by Crippen LogP contribution is -2.07. The van der Waals surface area contributed by atoms with E-state index in [1.165, 1.54) is 6.08 Å². The zero-order chi connectivity index (χ0) is 14.4. The summed E-state index contributed by atoms with van der Waals surface area (Å²) in [6.45, 7) is 2.01. The number of nitrogens with one attached hydrogen (secondary N) is 1. The summed E-state index contributed by atoms with van der Waals surface area (Å²) < 4.78 is 5.13. The van der Waals surface area contributed by atoms with Crippen molar-refractivity contribution >= 4 is 17.7 Å². The molecule has 0 bridgehead atoms. The number of hydrogen-bond acceptors (Lipinski definition) is 2. The van der Waals surface area contributed by atoms with Crippen molar-refractivity contribution in [1.29, 1.82) is 0 Å². The predicted octanol–water partition coefficient (Wildman–Crippen LogP) is 3.66. The molecule has 1 N–H and O–H groups in total. The van der Waals surface area contributed by atoms with Crippen LogP contribution < -0.4 is 10.1 Å². The number of aryl methyl sites for hydroxylation is 1. The van der Waals surface area contributed by atoms with E-state index in [4.69, 9.17) is 4.74 Å². The van der Waals surface area contributed by atoms with Crippen LogP contribution in [-0.2, 0) is 4.79 Å². The first-order valence-electron chi connectivity index (χ1n) is 6.37. The van der Waals surface area contributed by atoms with Crippen molar-refractivity contribution in [3.05, 3.63) is 65.7 Å². The highest BCUT2D eigenvalue weighted by molar-refractivity contribution is 6.01. The molecule has 102 valence electrons. The quantitative estimate of drug-likeness (QED) is 0.859. The zero-order valence-electron chi connectivity index (χ0n) is 11.6. The largest absolute Gasteiger partial charge is 0.497 e. The Morgan fingerprint density at radius 1 is 1.15 bits per heavy atom. The van der Waals surface area contributed by atoms with Crippen LogP contribution in [0.4, 0.5) is 5.69 Å². The van der Waals surface area contributed by atoms with E-state index >= 15 is 0 Å². The van der Waals surface area contributed by atoms with Crippen molar-refractivity contribution in [3.63, 3.8) is 0 Å². The van der Waals surface area contributed by atoms with Gasteiger partial charge in [-0.3, -0.25) is 4.79 Å². The van der Waals surface area contributed by atoms with Gasteiger partial charge in [-0.2, -0.15) is 0 Å². The van der Waals surface area contributed by atoms with E-state index in [0.29, 0.717) is 0 Å². The van der Waals surface area contributed by atoms with Crippen LogP contribution in [0.15, 0.2) is 54.6 Å². The minimum absolute atomic E-state index is 0.156. The molecule has 0 aliphatic carbocycles. The van der Waals surface area contributed by atoms with Gasteiger partial charge in [-0.15, -0.1) is 0 Å². The monoisotopic (exact) mass is 267 g/mol. The van der Waals surface area contributed by atoms with Gasteiger partial charge in [0.1, 0.15) is 5.75 Å². The number of benzene rings is 2. The molecule has 0 heterocycles. The average molecular weight is 267 g/mol. The van der Waals surface area contributed by atoms with E-state index in [2.05, 4.69) is 5.32 Å². The van der Waals surface area contributed by atoms with E-state index in [1.807, 2.05) is 55.5 Å². The number of amides is 1. The lowest BCUT2D eigenvalue weighted by Gasteiger charge is -2.02. The number of carbonyl (C=O) groups is 1. The van der Waals surface area contributed by atoms with Gasteiger partial charge in [-0.25, -0.2) is 0 Å². The van der Waals surface area contributed by atoms with Crippen LogP contribution in [0.2, 0.25) is 0 Å². The van der Waals surface area contributed by atoms with E-state index in [0.717, 1.165) is 22.6 Å². The van der Waals surface area contributed by atoms with Crippen molar-refractivity contribution in [2.75, 3.05) is 12.4 Å². The van der Waals surface area contributed by atoms with Crippen LogP contribution >= 0.6 is 0 Å². The van der Waals surface area contributed by atoms with Crippen molar-refractivity contribution < 1.29 is 9.53 Å². The smallest absolute Gasteiger partial charge is 0.248 e. The molecule has 0 saturated carbocycles. The third-order valence-corrected chi connectivity index (χ3v) is 2.84. The Morgan fingerprint density at radius 3 is 2.60 bits per heavy atom. The predicted molar refractivity (Wildman–Crippen MR) is 81.8 cm³/mol. The van der Waals surface area contributed by atoms with Gasteiger partial charge in [0.15, 0.2) is 0 Å². The van der Waals surface area contributed by atoms with Gasteiger partial charge in [0, 0.05) is 11.8 Å². The van der Waals surface area contributed by atoms with Crippen LogP contribution in [0, 0.1) is 6.92 Å². The molecule has 0 spiro atoms. The van der Waals surface area contributed by atoms with E-state index < -0.39 is 0 Å². The fourth-order valence-corrected chi connectivity index (χ4v) is 1.74. The standard InChI is InChI=1S/C17H17NO2/c1-13-6-9-15(10-7-13)18-17(19)11-8-14-4-3-5-16(12-14)20-2/h3-12H,1-2H3,(H,18,19)/b11-8+. The number of carbonyl (C=O) groups excluding carboxylic acids is 1. The summed E-state index contributed by atoms with van der Waals surface area (Å²) in [6.07, 6.45) is 3.26. The maximum atomic E-state index is 11.8. The molecule has 3 heteroatoms. The summed E-state index contributed by atoms with van der Waals surface area (Å²) in [5.41, 5.74) is 2.87. The van der Waals surface area contributed by atoms with Crippen LogP contribution in [0.5, 0.6) is 5.75 Å². The number of methoxy groups -OCH3 is 1. The van der Waals surface area contributed by atoms with Crippen LogP contribution in [0.1, 0.15) is 11.1 Å². The molecule has 20 heavy (non-hydrogen) atoms. The average Bonchev–Trinajstić information content (AvgIpc) is 2.48. The fraction of sp³-hybridized carbons (Fsp3) is 0.118. The Hall–Kier alpha value is -2.55. The highest BCUT2D eigenvalue weighted by Gasteiger charge is 1.98. The molecular weight excluding hydrogens is 250 g/mol. The van der Waals surface area contributed by atoms with Crippen LogP contribution in [-0.4, -0.2) is 13.0 Å². The molecular formula is C17H17NO2. The second kappa shape index (κ2) is 6.57. The Balaban J connectivity index is 1.99. The first-order chi connectivity index (χ1) is 9.67. The molecule has 0 aromatic heterocycles. The number of ether oxygens (including phenoxy) is 1. The molecule has 0 aliphatic heterocycles. The molecule has 1 amide bonds. The Labute approximate surface area is 118 Å². The normalized spacial score (nSPS) is 10.5. The third kappa shape index (κ3) is 3.99. The van der Waals surface area contributed by atoms with Gasteiger partial charge in [-0.1, -0.05) is 29.8 Å². The topological polar surface area (TPSA) is 38.3 Å². The van der Waals surface area contributed by atoms with Crippen molar-refractivity contribution in [2.45, 2.75) is 6.92 Å². The minimum Gasteiger partial charge on any atom is -0.497 e. The SMILES string of the molecule is COc1cccc(/C=C/C(=O)Nc2ccc(C)cc2)c1. The molecule has 0 unspecified atom stereocenters. The maximum Gasteiger partial charge on any atom is 0.248 e. The molecule has 3 nitrogen and oxygen atoms in total. The summed E-state index contributed by atoms with van der Waals surface area (Å²) in [7, 11) is 1.62. The lowest BCUT2D eigenvalue weighted by atomic mass is 10.2. The van der Waals surface area contributed by atoms with Gasteiger partial charge in [0.25, 0.3) is 0 Å². The van der Waals surface area contributed by atoms with Gasteiger partial charge in [0.05, 0.1) is 7.11 Å². The highest BCUT2D eigenvalue weighted by atomic mass is 16.5. The minimum atomic E-state index is -0.156. The third-order valence-electron chi connectivity index (χ3n) is 2.84. The molecule has 0 fully saturated rings. The van der Waals surface area contributed by atoms with Crippen LogP contribution in [0.25, 0.3) is 6.08 Å². The molecule has 2 aromatic carbocycles. The number of anilines is 1. The van der Waals surface area contributed by atoms with E-state index in [-0.39, 0.29) is 5.91 Å². The number of rotatable bonds is 4. The zero-order valence-corrected chi connectivity index (χ0v) is 11.6. The van der Waals surface area contributed by atoms with Gasteiger partial charge >= 0.3 is 0 Å². The lowest BCUT2D eigenvalue weighted by molar-refractivity contribution is -0.111. The number of hydrogen-bond donors (Lipinski definition) is 1. The summed E-state index contributed by atoms with van der Waals surface area (Å²) in [5, 5.41) is 2.81. The van der Waals surface area contributed by atoms with Gasteiger partial charge < -0.3 is 10.1 Å². The second-order valence-corrected chi connectivity index (χ2v) is 4.47. The highest BCUT2D eigenvalue weighted by Crippen LogP contribution is 2.14. The summed E-state index contributed by atoms with van der Waals surface area (Å²) in [5.74, 6) is 0.614. The van der Waals surface area contributed by atoms with E-state index in [9.17, 15) is 4.79 Å². The van der Waals surface area contributed by atoms with Crippen molar-refractivity contribution in [2.24, 2.45) is 0 Å². The molecule has 0 atom stereocenters. The summed E-state index contributed by atoms with van der Waals surface area (Å²) in [6, 6.07) is 15.2. The van der Waals surface area contributed by atoms with Gasteiger partial charge in [-0.05, 0) is 42.8 Å². The maximum absolute atomic E-state index is 11.8. The summed E-state index contributed by atoms with van der Waals surface area (Å²) in [4.78, 5) is 11.8. The molecule has 0 aliphatic rings. The van der Waals surface area contributed by atoms with E-state index in [1.54, 1.807) is 13.2 Å². The Kier molecular flexibility index (Phi) is 4.56. The first kappa shape index (κ1) is 13.9. The van der Waals surface area contributed by atoms with Crippen molar-refractivity contribution in [3.8, 4) is 5.75 Å². The summed E-state index contributed by atoms with van der Waals surface area (Å²) >= 11 is 0. The van der Waals surface area contributed by atoms with Crippen molar-refractivity contribution in [1.82, 2.24) is 0 Å². The molecule has 0 radical (unpaired) electrons. The van der Waals surface area contributed by atoms with Crippen LogP contribution in [0.3, 0.4) is 0 Å². The molecule has 2 rings (SSSR count). The Morgan fingerprint density at radius 2 is 1.90 bits per heavy atom. The molecule has 2 aromatic rings. The van der Waals surface area contributed by atoms with Gasteiger partial charge in [0.2, 0.25) is 5.91 Å². The first-order valence-corrected chi connectivity index (χ1v) is 6.37. The Bertz CT molecular complexity index is 615. The molecule has 0 saturated heterocycles. The fourth-order valence-electron chi connectivity index (χ4n) is 1.74.